The van der Waals surface area contributed by atoms with E-state index in [1.54, 1.807) is 36.5 Å². The molecule has 2 heterocycles. The van der Waals surface area contributed by atoms with Crippen LogP contribution in [-0.4, -0.2) is 27.0 Å². The van der Waals surface area contributed by atoms with Crippen molar-refractivity contribution in [1.29, 1.82) is 0 Å². The van der Waals surface area contributed by atoms with Crippen molar-refractivity contribution >= 4 is 28.4 Å². The summed E-state index contributed by atoms with van der Waals surface area (Å²) in [4.78, 5) is 27.2. The van der Waals surface area contributed by atoms with Gasteiger partial charge in [0.2, 0.25) is 0 Å². The standard InChI is InChI=1S/C14H11N5O2/c15-13(20)12-10-6-9(3-4-11(10)18-19-12)17-14(21)8-2-1-5-16-7-8/h1-7H,(H2,15,20)(H,17,21)(H,18,19). The van der Waals surface area contributed by atoms with Gasteiger partial charge in [0.1, 0.15) is 0 Å². The molecule has 2 amide bonds. The van der Waals surface area contributed by atoms with Gasteiger partial charge < -0.3 is 11.1 Å². The number of fused-ring (bicyclic) bond motifs is 1. The average molecular weight is 281 g/mol. The monoisotopic (exact) mass is 281 g/mol. The van der Waals surface area contributed by atoms with Gasteiger partial charge in [0.05, 0.1) is 11.1 Å². The lowest BCUT2D eigenvalue weighted by Crippen LogP contribution is -2.13. The molecule has 0 aliphatic rings. The molecule has 0 saturated heterocycles. The highest BCUT2D eigenvalue weighted by Crippen LogP contribution is 2.20. The lowest BCUT2D eigenvalue weighted by Gasteiger charge is -2.05. The van der Waals surface area contributed by atoms with Crippen LogP contribution in [0.4, 0.5) is 5.69 Å². The number of pyridine rings is 1. The number of aromatic amines is 1. The van der Waals surface area contributed by atoms with Crippen molar-refractivity contribution in [2.75, 3.05) is 5.32 Å². The summed E-state index contributed by atoms with van der Waals surface area (Å²) in [7, 11) is 0. The number of nitrogens with one attached hydrogen (secondary N) is 2. The van der Waals surface area contributed by atoms with Gasteiger partial charge in [0.15, 0.2) is 5.69 Å². The van der Waals surface area contributed by atoms with Crippen LogP contribution >= 0.6 is 0 Å². The normalized spacial score (nSPS) is 10.5. The molecular formula is C14H11N5O2. The van der Waals surface area contributed by atoms with E-state index in [9.17, 15) is 9.59 Å². The SMILES string of the molecule is NC(=O)c1n[nH]c2ccc(NC(=O)c3cccnc3)cc12. The second kappa shape index (κ2) is 5.04. The Bertz CT molecular complexity index is 826. The predicted octanol–water partition coefficient (Wildman–Crippen LogP) is 1.31. The van der Waals surface area contributed by atoms with Gasteiger partial charge in [-0.05, 0) is 30.3 Å². The van der Waals surface area contributed by atoms with Gasteiger partial charge in [-0.2, -0.15) is 5.10 Å². The van der Waals surface area contributed by atoms with Crippen molar-refractivity contribution in [1.82, 2.24) is 15.2 Å². The van der Waals surface area contributed by atoms with Crippen molar-refractivity contribution in [2.45, 2.75) is 0 Å². The number of H-pyrrole nitrogens is 1. The Morgan fingerprint density at radius 2 is 2.10 bits per heavy atom. The Morgan fingerprint density at radius 1 is 1.24 bits per heavy atom. The Kier molecular flexibility index (Phi) is 3.07. The molecule has 3 aromatic rings. The number of primary amides is 1. The minimum atomic E-state index is -0.628. The fourth-order valence-corrected chi connectivity index (χ4v) is 1.98. The van der Waals surface area contributed by atoms with E-state index in [2.05, 4.69) is 20.5 Å². The van der Waals surface area contributed by atoms with Gasteiger partial charge in [-0.3, -0.25) is 19.7 Å². The van der Waals surface area contributed by atoms with E-state index in [0.29, 0.717) is 22.2 Å². The molecule has 7 heteroatoms. The number of carbonyl (C=O) groups is 2. The molecule has 1 aromatic carbocycles. The highest BCUT2D eigenvalue weighted by molar-refractivity contribution is 6.07. The molecule has 7 nitrogen and oxygen atoms in total. The molecule has 4 N–H and O–H groups in total. The minimum Gasteiger partial charge on any atom is -0.364 e. The maximum absolute atomic E-state index is 12.0. The Hall–Kier alpha value is -3.22. The summed E-state index contributed by atoms with van der Waals surface area (Å²) in [6.07, 6.45) is 3.06. The van der Waals surface area contributed by atoms with E-state index >= 15 is 0 Å². The predicted molar refractivity (Wildman–Crippen MR) is 76.8 cm³/mol. The number of anilines is 1. The Morgan fingerprint density at radius 3 is 2.81 bits per heavy atom. The van der Waals surface area contributed by atoms with E-state index in [1.807, 2.05) is 0 Å². The molecule has 104 valence electrons. The maximum Gasteiger partial charge on any atom is 0.269 e. The molecule has 0 radical (unpaired) electrons. The molecule has 0 spiro atoms. The third kappa shape index (κ3) is 2.44. The van der Waals surface area contributed by atoms with Crippen LogP contribution in [0.25, 0.3) is 10.9 Å². The van der Waals surface area contributed by atoms with Gasteiger partial charge in [0, 0.05) is 23.5 Å². The van der Waals surface area contributed by atoms with Crippen molar-refractivity contribution < 1.29 is 9.59 Å². The molecule has 0 unspecified atom stereocenters. The fourth-order valence-electron chi connectivity index (χ4n) is 1.98. The number of nitrogens with two attached hydrogens (primary N) is 1. The number of amides is 2. The highest BCUT2D eigenvalue weighted by Gasteiger charge is 2.12. The van der Waals surface area contributed by atoms with Crippen molar-refractivity contribution in [3.63, 3.8) is 0 Å². The molecule has 0 atom stereocenters. The topological polar surface area (TPSA) is 114 Å². The van der Waals surface area contributed by atoms with Gasteiger partial charge in [-0.25, -0.2) is 0 Å². The first-order valence-corrected chi connectivity index (χ1v) is 6.14. The summed E-state index contributed by atoms with van der Waals surface area (Å²) in [6.45, 7) is 0. The van der Waals surface area contributed by atoms with Crippen molar-refractivity contribution in [3.05, 3.63) is 54.0 Å². The fraction of sp³-hybridized carbons (Fsp3) is 0. The van der Waals surface area contributed by atoms with E-state index in [0.717, 1.165) is 0 Å². The molecule has 0 saturated carbocycles. The van der Waals surface area contributed by atoms with Crippen LogP contribution in [0.2, 0.25) is 0 Å². The molecule has 0 aliphatic carbocycles. The zero-order valence-corrected chi connectivity index (χ0v) is 10.8. The number of carbonyl (C=O) groups excluding carboxylic acids is 2. The third-order valence-corrected chi connectivity index (χ3v) is 2.98. The Balaban J connectivity index is 1.92. The first-order valence-electron chi connectivity index (χ1n) is 6.14. The quantitative estimate of drug-likeness (QED) is 0.671. The molecular weight excluding hydrogens is 270 g/mol. The van der Waals surface area contributed by atoms with E-state index < -0.39 is 5.91 Å². The molecule has 0 fully saturated rings. The molecule has 0 aliphatic heterocycles. The van der Waals surface area contributed by atoms with Gasteiger partial charge in [-0.15, -0.1) is 0 Å². The number of aromatic nitrogens is 3. The molecule has 2 aromatic heterocycles. The molecule has 21 heavy (non-hydrogen) atoms. The first-order chi connectivity index (χ1) is 10.1. The first kappa shape index (κ1) is 12.8. The zero-order chi connectivity index (χ0) is 14.8. The maximum atomic E-state index is 12.0. The zero-order valence-electron chi connectivity index (χ0n) is 10.8. The number of nitrogens with zero attached hydrogens (tertiary/aromatic N) is 2. The number of rotatable bonds is 3. The van der Waals surface area contributed by atoms with Crippen LogP contribution in [0.5, 0.6) is 0 Å². The number of hydrogen-bond donors (Lipinski definition) is 3. The lowest BCUT2D eigenvalue weighted by atomic mass is 10.1. The van der Waals surface area contributed by atoms with E-state index in [4.69, 9.17) is 5.73 Å². The number of hydrogen-bond acceptors (Lipinski definition) is 4. The van der Waals surface area contributed by atoms with Crippen LogP contribution < -0.4 is 11.1 Å². The summed E-state index contributed by atoms with van der Waals surface area (Å²) in [6, 6.07) is 8.41. The second-order valence-electron chi connectivity index (χ2n) is 4.39. The number of benzene rings is 1. The second-order valence-corrected chi connectivity index (χ2v) is 4.39. The molecule has 0 bridgehead atoms. The highest BCUT2D eigenvalue weighted by atomic mass is 16.2. The summed E-state index contributed by atoms with van der Waals surface area (Å²) in [5, 5.41) is 9.85. The smallest absolute Gasteiger partial charge is 0.269 e. The lowest BCUT2D eigenvalue weighted by molar-refractivity contribution is 0.0995. The van der Waals surface area contributed by atoms with Crippen LogP contribution in [0.3, 0.4) is 0 Å². The van der Waals surface area contributed by atoms with Crippen LogP contribution in [0, 0.1) is 0 Å². The van der Waals surface area contributed by atoms with Crippen molar-refractivity contribution in [3.8, 4) is 0 Å². The van der Waals surface area contributed by atoms with Crippen LogP contribution in [-0.2, 0) is 0 Å². The summed E-state index contributed by atoms with van der Waals surface area (Å²) in [5.74, 6) is -0.913. The third-order valence-electron chi connectivity index (χ3n) is 2.98. The van der Waals surface area contributed by atoms with E-state index in [-0.39, 0.29) is 11.6 Å². The van der Waals surface area contributed by atoms with Crippen molar-refractivity contribution in [2.24, 2.45) is 5.73 Å². The summed E-state index contributed by atoms with van der Waals surface area (Å²) in [5.41, 5.74) is 7.05. The van der Waals surface area contributed by atoms with E-state index in [1.165, 1.54) is 6.20 Å². The van der Waals surface area contributed by atoms with Gasteiger partial charge in [0.25, 0.3) is 11.8 Å². The van der Waals surface area contributed by atoms with Crippen LogP contribution in [0.15, 0.2) is 42.7 Å². The summed E-state index contributed by atoms with van der Waals surface area (Å²) >= 11 is 0. The largest absolute Gasteiger partial charge is 0.364 e. The molecule has 3 rings (SSSR count). The van der Waals surface area contributed by atoms with Gasteiger partial charge in [-0.1, -0.05) is 0 Å². The minimum absolute atomic E-state index is 0.141. The van der Waals surface area contributed by atoms with Gasteiger partial charge >= 0.3 is 0 Å². The summed E-state index contributed by atoms with van der Waals surface area (Å²) < 4.78 is 0. The van der Waals surface area contributed by atoms with Crippen LogP contribution in [0.1, 0.15) is 20.8 Å². The average Bonchev–Trinajstić information content (AvgIpc) is 2.91. The Labute approximate surface area is 119 Å².